The predicted molar refractivity (Wildman–Crippen MR) is 132 cm³/mol. The average molecular weight is 568 g/mol. The van der Waals surface area contributed by atoms with Crippen molar-refractivity contribution in [1.82, 2.24) is 15.5 Å². The number of hydrogen-bond acceptors (Lipinski definition) is 4. The highest BCUT2D eigenvalue weighted by Gasteiger charge is 2.37. The Kier molecular flexibility index (Phi) is 8.37. The highest BCUT2D eigenvalue weighted by molar-refractivity contribution is 9.10. The molecule has 2 fully saturated rings. The van der Waals surface area contributed by atoms with Crippen LogP contribution in [0, 0.1) is 0 Å². The molecule has 0 radical (unpaired) electrons. The third-order valence-corrected chi connectivity index (χ3v) is 7.61. The van der Waals surface area contributed by atoms with Gasteiger partial charge in [-0.1, -0.05) is 34.1 Å². The third kappa shape index (κ3) is 6.66. The van der Waals surface area contributed by atoms with E-state index in [1.54, 1.807) is 0 Å². The number of aliphatic hydroxyl groups excluding tert-OH is 1. The molecule has 36 heavy (non-hydrogen) atoms. The van der Waals surface area contributed by atoms with E-state index in [1.165, 1.54) is 11.6 Å². The molecule has 2 atom stereocenters. The molecule has 1 saturated carbocycles. The number of carbonyl (C=O) groups is 2. The molecule has 0 aromatic heterocycles. The fraction of sp³-hybridized carbons (Fsp3) is 0.462. The Labute approximate surface area is 216 Å². The number of nitrogens with one attached hydrogen (secondary N) is 2. The molecule has 10 heteroatoms. The molecule has 2 aliphatic rings. The number of halogens is 4. The fourth-order valence-corrected chi connectivity index (χ4v) is 5.39. The van der Waals surface area contributed by atoms with Crippen LogP contribution in [0.2, 0.25) is 0 Å². The zero-order valence-electron chi connectivity index (χ0n) is 19.6. The summed E-state index contributed by atoms with van der Waals surface area (Å²) >= 11 is 3.47. The van der Waals surface area contributed by atoms with E-state index in [4.69, 9.17) is 0 Å². The van der Waals surface area contributed by atoms with E-state index < -0.39 is 42.2 Å². The minimum absolute atomic E-state index is 0.177. The van der Waals surface area contributed by atoms with E-state index in [0.717, 1.165) is 48.4 Å². The molecule has 3 N–H and O–H groups in total. The van der Waals surface area contributed by atoms with Crippen LogP contribution in [0.5, 0.6) is 0 Å². The number of aliphatic hydroxyl groups is 1. The molecule has 0 spiro atoms. The number of alkyl halides is 3. The number of β-amino-alcohol motifs (C(OH)–C–C–N with tert-alkyl or cyclic N) is 1. The first-order chi connectivity index (χ1) is 17.1. The molecule has 2 aromatic carbocycles. The Bertz CT molecular complexity index is 1070. The lowest BCUT2D eigenvalue weighted by Gasteiger charge is -2.34. The van der Waals surface area contributed by atoms with E-state index in [-0.39, 0.29) is 5.56 Å². The van der Waals surface area contributed by atoms with Crippen molar-refractivity contribution < 1.29 is 27.9 Å². The lowest BCUT2D eigenvalue weighted by molar-refractivity contribution is -0.137. The molecule has 1 saturated heterocycles. The second-order valence-electron chi connectivity index (χ2n) is 9.51. The van der Waals surface area contributed by atoms with Gasteiger partial charge in [0, 0.05) is 29.2 Å². The second kappa shape index (κ2) is 11.3. The summed E-state index contributed by atoms with van der Waals surface area (Å²) in [6, 6.07) is 12.3. The number of carbonyl (C=O) groups excluding carboxylic acids is 2. The van der Waals surface area contributed by atoms with Crippen LogP contribution in [0.3, 0.4) is 0 Å². The maximum absolute atomic E-state index is 12.9. The van der Waals surface area contributed by atoms with Gasteiger partial charge >= 0.3 is 6.18 Å². The molecular formula is C26H29BrF3N3O3. The third-order valence-electron chi connectivity index (χ3n) is 7.08. The van der Waals surface area contributed by atoms with Gasteiger partial charge in [0.05, 0.1) is 24.3 Å². The lowest BCUT2D eigenvalue weighted by Crippen LogP contribution is -2.47. The van der Waals surface area contributed by atoms with E-state index >= 15 is 0 Å². The van der Waals surface area contributed by atoms with Gasteiger partial charge in [0.1, 0.15) is 0 Å². The van der Waals surface area contributed by atoms with Crippen molar-refractivity contribution in [2.24, 2.45) is 0 Å². The van der Waals surface area contributed by atoms with Gasteiger partial charge in [0.15, 0.2) is 0 Å². The summed E-state index contributed by atoms with van der Waals surface area (Å²) in [6.07, 6.45) is -1.12. The van der Waals surface area contributed by atoms with Gasteiger partial charge in [0.2, 0.25) is 5.91 Å². The summed E-state index contributed by atoms with van der Waals surface area (Å²) in [7, 11) is 0. The van der Waals surface area contributed by atoms with Crippen molar-refractivity contribution in [1.29, 1.82) is 0 Å². The van der Waals surface area contributed by atoms with Crippen LogP contribution in [0.15, 0.2) is 53.0 Å². The van der Waals surface area contributed by atoms with Crippen molar-refractivity contribution >= 4 is 27.7 Å². The maximum atomic E-state index is 12.9. The van der Waals surface area contributed by atoms with Gasteiger partial charge in [-0.15, -0.1) is 0 Å². The van der Waals surface area contributed by atoms with Crippen LogP contribution in [0.1, 0.15) is 53.1 Å². The summed E-state index contributed by atoms with van der Waals surface area (Å²) in [5.74, 6) is -0.745. The first kappa shape index (κ1) is 26.6. The number of nitrogens with zero attached hydrogens (tertiary/aromatic N) is 1. The largest absolute Gasteiger partial charge is 0.416 e. The Morgan fingerprint density at radius 3 is 2.39 bits per heavy atom. The van der Waals surface area contributed by atoms with Gasteiger partial charge in [0.25, 0.3) is 5.91 Å². The quantitative estimate of drug-likeness (QED) is 0.491. The summed E-state index contributed by atoms with van der Waals surface area (Å²) in [4.78, 5) is 26.8. The first-order valence-corrected chi connectivity index (χ1v) is 12.8. The molecule has 1 heterocycles. The van der Waals surface area contributed by atoms with Crippen LogP contribution in [0.4, 0.5) is 13.2 Å². The Morgan fingerprint density at radius 1 is 1.03 bits per heavy atom. The molecule has 0 bridgehead atoms. The van der Waals surface area contributed by atoms with Crippen LogP contribution in [0.25, 0.3) is 0 Å². The molecular weight excluding hydrogens is 539 g/mol. The van der Waals surface area contributed by atoms with Crippen molar-refractivity contribution in [2.75, 3.05) is 19.6 Å². The molecule has 2 amide bonds. The Morgan fingerprint density at radius 2 is 1.72 bits per heavy atom. The maximum Gasteiger partial charge on any atom is 0.416 e. The smallest absolute Gasteiger partial charge is 0.390 e. The molecule has 1 aliphatic carbocycles. The molecule has 194 valence electrons. The first-order valence-electron chi connectivity index (χ1n) is 12.0. The highest BCUT2D eigenvalue weighted by Crippen LogP contribution is 2.36. The van der Waals surface area contributed by atoms with E-state index in [0.29, 0.717) is 25.0 Å². The highest BCUT2D eigenvalue weighted by atomic mass is 79.9. The van der Waals surface area contributed by atoms with Crippen molar-refractivity contribution in [3.63, 3.8) is 0 Å². The van der Waals surface area contributed by atoms with Gasteiger partial charge in [-0.2, -0.15) is 13.2 Å². The van der Waals surface area contributed by atoms with Gasteiger partial charge in [-0.25, -0.2) is 0 Å². The molecule has 1 aliphatic heterocycles. The topological polar surface area (TPSA) is 81.7 Å². The number of rotatable bonds is 6. The van der Waals surface area contributed by atoms with E-state index in [9.17, 15) is 27.9 Å². The number of hydrogen-bond donors (Lipinski definition) is 3. The van der Waals surface area contributed by atoms with Crippen LogP contribution in [-0.4, -0.2) is 59.6 Å². The van der Waals surface area contributed by atoms with Gasteiger partial charge < -0.3 is 15.7 Å². The minimum Gasteiger partial charge on any atom is -0.390 e. The lowest BCUT2D eigenvalue weighted by atomic mass is 9.81. The summed E-state index contributed by atoms with van der Waals surface area (Å²) in [6.45, 7) is 0.591. The normalized spacial score (nSPS) is 24.9. The van der Waals surface area contributed by atoms with Crippen molar-refractivity contribution in [2.45, 2.75) is 56.0 Å². The summed E-state index contributed by atoms with van der Waals surface area (Å²) in [5.41, 5.74) is 0.235. The monoisotopic (exact) mass is 567 g/mol. The van der Waals surface area contributed by atoms with Crippen LogP contribution >= 0.6 is 15.9 Å². The molecule has 6 nitrogen and oxygen atoms in total. The van der Waals surface area contributed by atoms with Crippen LogP contribution in [-0.2, 0) is 11.0 Å². The molecule has 0 unspecified atom stereocenters. The van der Waals surface area contributed by atoms with Crippen molar-refractivity contribution in [3.05, 3.63) is 69.7 Å². The Hall–Kier alpha value is -2.43. The standard InChI is InChI=1S/C26H29BrF3N3O3/c27-20-8-4-16(5-9-20)17-6-10-21(11-7-17)33-14-22(23(34)15-33)32-24(35)13-31-25(36)18-2-1-3-19(12-18)26(28,29)30/h1-5,8-9,12,17,21-23,34H,6-7,10-11,13-15H2,(H,31,36)(H,32,35)/t17?,21?,22-,23-/m0/s1. The average Bonchev–Trinajstić information content (AvgIpc) is 3.22. The van der Waals surface area contributed by atoms with Gasteiger partial charge in [-0.3, -0.25) is 14.5 Å². The fourth-order valence-electron chi connectivity index (χ4n) is 5.12. The summed E-state index contributed by atoms with van der Waals surface area (Å²) < 4.78 is 39.6. The summed E-state index contributed by atoms with van der Waals surface area (Å²) in [5, 5.41) is 15.6. The number of benzene rings is 2. The van der Waals surface area contributed by atoms with Crippen molar-refractivity contribution in [3.8, 4) is 0 Å². The predicted octanol–water partition coefficient (Wildman–Crippen LogP) is 4.09. The van der Waals surface area contributed by atoms with Gasteiger partial charge in [-0.05, 0) is 67.5 Å². The zero-order chi connectivity index (χ0) is 25.9. The van der Waals surface area contributed by atoms with E-state index in [2.05, 4.69) is 55.7 Å². The van der Waals surface area contributed by atoms with E-state index in [1.807, 2.05) is 0 Å². The zero-order valence-corrected chi connectivity index (χ0v) is 21.2. The molecule has 2 aromatic rings. The number of likely N-dealkylation sites (tertiary alicyclic amines) is 1. The van der Waals surface area contributed by atoms with Crippen LogP contribution < -0.4 is 10.6 Å². The molecule has 4 rings (SSSR count). The number of amides is 2. The minimum atomic E-state index is -4.56. The Balaban J connectivity index is 1.23. The SMILES string of the molecule is O=C(CNC(=O)c1cccc(C(F)(F)F)c1)N[C@H]1CN(C2CCC(c3ccc(Br)cc3)CC2)C[C@@H]1O. The second-order valence-corrected chi connectivity index (χ2v) is 10.4.